The highest BCUT2D eigenvalue weighted by Gasteiger charge is 2.18. The molecule has 0 saturated carbocycles. The Morgan fingerprint density at radius 3 is 2.55 bits per heavy atom. The van der Waals surface area contributed by atoms with Crippen molar-refractivity contribution in [1.29, 1.82) is 0 Å². The van der Waals surface area contributed by atoms with Crippen molar-refractivity contribution in [3.8, 4) is 17.0 Å². The van der Waals surface area contributed by atoms with Gasteiger partial charge in [-0.05, 0) is 32.9 Å². The third-order valence-corrected chi connectivity index (χ3v) is 2.76. The van der Waals surface area contributed by atoms with Crippen LogP contribution in [-0.4, -0.2) is 16.4 Å². The Kier molecular flexibility index (Phi) is 3.65. The van der Waals surface area contributed by atoms with Crippen LogP contribution < -0.4 is 10.5 Å². The molecule has 6 heteroatoms. The third-order valence-electron chi connectivity index (χ3n) is 2.76. The number of aromatic nitrogens is 2. The minimum atomic E-state index is -2.85. The van der Waals surface area contributed by atoms with E-state index in [-0.39, 0.29) is 11.3 Å². The van der Waals surface area contributed by atoms with Crippen LogP contribution in [0, 0.1) is 0 Å². The lowest BCUT2D eigenvalue weighted by atomic mass is 10.1. The first kappa shape index (κ1) is 14.3. The zero-order valence-electron chi connectivity index (χ0n) is 11.6. The van der Waals surface area contributed by atoms with Crippen molar-refractivity contribution in [2.24, 2.45) is 0 Å². The summed E-state index contributed by atoms with van der Waals surface area (Å²) < 4.78 is 30.6. The molecule has 0 spiro atoms. The van der Waals surface area contributed by atoms with Gasteiger partial charge >= 0.3 is 6.61 Å². The second kappa shape index (κ2) is 5.11. The van der Waals surface area contributed by atoms with Crippen molar-refractivity contribution >= 4 is 5.69 Å². The molecule has 108 valence electrons. The summed E-state index contributed by atoms with van der Waals surface area (Å²) in [5, 5.41) is 4.42. The quantitative estimate of drug-likeness (QED) is 0.937. The Morgan fingerprint density at radius 1 is 1.30 bits per heavy atom. The maximum absolute atomic E-state index is 12.2. The van der Waals surface area contributed by atoms with E-state index >= 15 is 0 Å². The Labute approximate surface area is 116 Å². The minimum Gasteiger partial charge on any atom is -0.435 e. The van der Waals surface area contributed by atoms with E-state index in [4.69, 9.17) is 5.73 Å². The predicted octanol–water partition coefficient (Wildman–Crippen LogP) is 3.49. The van der Waals surface area contributed by atoms with Gasteiger partial charge in [-0.15, -0.1) is 0 Å². The summed E-state index contributed by atoms with van der Waals surface area (Å²) in [5.74, 6) is 0.0854. The van der Waals surface area contributed by atoms with E-state index in [9.17, 15) is 8.78 Å². The van der Waals surface area contributed by atoms with Crippen LogP contribution in [0.5, 0.6) is 5.75 Å². The summed E-state index contributed by atoms with van der Waals surface area (Å²) in [5.41, 5.74) is 7.44. The fourth-order valence-electron chi connectivity index (χ4n) is 1.77. The average molecular weight is 281 g/mol. The average Bonchev–Trinajstić information content (AvgIpc) is 2.70. The van der Waals surface area contributed by atoms with Crippen molar-refractivity contribution in [2.75, 3.05) is 5.73 Å². The number of hydrogen-bond acceptors (Lipinski definition) is 3. The van der Waals surface area contributed by atoms with Gasteiger partial charge in [-0.3, -0.25) is 4.68 Å². The van der Waals surface area contributed by atoms with Crippen LogP contribution in [0.3, 0.4) is 0 Å². The molecule has 0 radical (unpaired) electrons. The van der Waals surface area contributed by atoms with Crippen LogP contribution in [0.15, 0.2) is 30.5 Å². The lowest BCUT2D eigenvalue weighted by Crippen LogP contribution is -2.22. The van der Waals surface area contributed by atoms with Crippen molar-refractivity contribution in [3.05, 3.63) is 30.5 Å². The molecule has 0 bridgehead atoms. The highest BCUT2D eigenvalue weighted by molar-refractivity contribution is 5.72. The molecule has 2 N–H and O–H groups in total. The maximum atomic E-state index is 12.2. The third kappa shape index (κ3) is 3.07. The second-order valence-corrected chi connectivity index (χ2v) is 5.45. The number of hydrogen-bond donors (Lipinski definition) is 1. The first-order chi connectivity index (χ1) is 9.27. The van der Waals surface area contributed by atoms with E-state index in [1.54, 1.807) is 23.0 Å². The first-order valence-electron chi connectivity index (χ1n) is 6.18. The van der Waals surface area contributed by atoms with E-state index in [1.165, 1.54) is 12.1 Å². The highest BCUT2D eigenvalue weighted by atomic mass is 19.3. The van der Waals surface area contributed by atoms with Gasteiger partial charge in [0.25, 0.3) is 0 Å². The molecule has 0 amide bonds. The zero-order chi connectivity index (χ0) is 14.9. The van der Waals surface area contributed by atoms with E-state index in [1.807, 2.05) is 20.8 Å². The van der Waals surface area contributed by atoms with E-state index in [2.05, 4.69) is 9.84 Å². The number of benzene rings is 1. The number of nitrogen functional groups attached to an aromatic ring is 1. The van der Waals surface area contributed by atoms with Gasteiger partial charge in [-0.1, -0.05) is 12.1 Å². The van der Waals surface area contributed by atoms with Gasteiger partial charge in [0.2, 0.25) is 0 Å². The van der Waals surface area contributed by atoms with E-state index < -0.39 is 6.61 Å². The number of rotatable bonds is 3. The van der Waals surface area contributed by atoms with Gasteiger partial charge in [-0.25, -0.2) is 0 Å². The summed E-state index contributed by atoms with van der Waals surface area (Å²) in [6.45, 7) is 3.15. The van der Waals surface area contributed by atoms with Gasteiger partial charge in [0.1, 0.15) is 11.4 Å². The number of alkyl halides is 2. The number of anilines is 1. The zero-order valence-corrected chi connectivity index (χ0v) is 11.6. The molecular weight excluding hydrogens is 264 g/mol. The summed E-state index contributed by atoms with van der Waals surface area (Å²) in [6, 6.07) is 6.34. The van der Waals surface area contributed by atoms with Crippen LogP contribution in [0.25, 0.3) is 11.3 Å². The molecule has 0 aliphatic heterocycles. The topological polar surface area (TPSA) is 53.1 Å². The molecule has 1 aromatic carbocycles. The summed E-state index contributed by atoms with van der Waals surface area (Å²) in [7, 11) is 0. The molecule has 2 rings (SSSR count). The van der Waals surface area contributed by atoms with E-state index in [0.717, 1.165) is 0 Å². The molecule has 0 unspecified atom stereocenters. The molecule has 0 fully saturated rings. The molecule has 0 aliphatic rings. The number of nitrogens with two attached hydrogens (primary N) is 1. The van der Waals surface area contributed by atoms with Gasteiger partial charge in [0.05, 0.1) is 11.2 Å². The van der Waals surface area contributed by atoms with Crippen LogP contribution in [0.2, 0.25) is 0 Å². The van der Waals surface area contributed by atoms with E-state index in [0.29, 0.717) is 16.9 Å². The number of ether oxygens (including phenoxy) is 1. The molecule has 1 aromatic heterocycles. The fourth-order valence-corrected chi connectivity index (χ4v) is 1.77. The predicted molar refractivity (Wildman–Crippen MR) is 73.7 cm³/mol. The molecule has 2 aromatic rings. The summed E-state index contributed by atoms with van der Waals surface area (Å²) in [4.78, 5) is 0. The normalized spacial score (nSPS) is 11.9. The van der Waals surface area contributed by atoms with Crippen molar-refractivity contribution in [2.45, 2.75) is 32.9 Å². The Bertz CT molecular complexity index is 603. The van der Waals surface area contributed by atoms with Crippen LogP contribution >= 0.6 is 0 Å². The second-order valence-electron chi connectivity index (χ2n) is 5.45. The molecular formula is C14H17F2N3O. The number of nitrogens with zero attached hydrogens (tertiary/aromatic N) is 2. The lowest BCUT2D eigenvalue weighted by Gasteiger charge is -2.18. The highest BCUT2D eigenvalue weighted by Crippen LogP contribution is 2.29. The Morgan fingerprint density at radius 2 is 2.00 bits per heavy atom. The van der Waals surface area contributed by atoms with Crippen LogP contribution in [-0.2, 0) is 5.54 Å². The first-order valence-corrected chi connectivity index (χ1v) is 6.18. The molecule has 0 atom stereocenters. The molecule has 4 nitrogen and oxygen atoms in total. The Balaban J connectivity index is 2.39. The fraction of sp³-hybridized carbons (Fsp3) is 0.357. The van der Waals surface area contributed by atoms with Crippen LogP contribution in [0.1, 0.15) is 20.8 Å². The van der Waals surface area contributed by atoms with Crippen LogP contribution in [0.4, 0.5) is 14.5 Å². The smallest absolute Gasteiger partial charge is 0.387 e. The number of halogens is 2. The minimum absolute atomic E-state index is 0.0854. The molecule has 0 aliphatic carbocycles. The SMILES string of the molecule is CC(C)(C)n1cc(N)c(-c2cccc(OC(F)F)c2)n1. The summed E-state index contributed by atoms with van der Waals surface area (Å²) in [6.07, 6.45) is 1.73. The van der Waals surface area contributed by atoms with Crippen molar-refractivity contribution in [1.82, 2.24) is 9.78 Å². The van der Waals surface area contributed by atoms with Crippen molar-refractivity contribution in [3.63, 3.8) is 0 Å². The monoisotopic (exact) mass is 281 g/mol. The van der Waals surface area contributed by atoms with Gasteiger partial charge in [-0.2, -0.15) is 13.9 Å². The van der Waals surface area contributed by atoms with Crippen molar-refractivity contribution < 1.29 is 13.5 Å². The van der Waals surface area contributed by atoms with Gasteiger partial charge < -0.3 is 10.5 Å². The summed E-state index contributed by atoms with van der Waals surface area (Å²) >= 11 is 0. The largest absolute Gasteiger partial charge is 0.435 e. The van der Waals surface area contributed by atoms with Gasteiger partial charge in [0.15, 0.2) is 0 Å². The van der Waals surface area contributed by atoms with Gasteiger partial charge in [0, 0.05) is 11.8 Å². The maximum Gasteiger partial charge on any atom is 0.387 e. The lowest BCUT2D eigenvalue weighted by molar-refractivity contribution is -0.0498. The molecule has 1 heterocycles. The standard InChI is InChI=1S/C14H17F2N3O/c1-14(2,3)19-8-11(17)12(18-19)9-5-4-6-10(7-9)20-13(15)16/h4-8,13H,17H2,1-3H3. The molecule has 0 saturated heterocycles. The molecule has 20 heavy (non-hydrogen) atoms. The Hall–Kier alpha value is -2.11.